The number of benzene rings is 1. The lowest BCUT2D eigenvalue weighted by Crippen LogP contribution is -2.57. The van der Waals surface area contributed by atoms with Crippen molar-refractivity contribution < 1.29 is 22.7 Å². The Labute approximate surface area is 177 Å². The fraction of sp³-hybridized carbons (Fsp3) is 0.381. The first-order valence-corrected chi connectivity index (χ1v) is 9.86. The molecule has 1 aromatic heterocycles. The molecule has 0 spiro atoms. The number of nitrogens with one attached hydrogen (secondary N) is 1. The molecular weight excluding hydrogens is 411 g/mol. The van der Waals surface area contributed by atoms with Gasteiger partial charge in [0.2, 0.25) is 5.88 Å². The number of rotatable bonds is 4. The highest BCUT2D eigenvalue weighted by Crippen LogP contribution is 2.30. The first kappa shape index (κ1) is 21.0. The van der Waals surface area contributed by atoms with Crippen LogP contribution < -0.4 is 15.0 Å². The van der Waals surface area contributed by atoms with Crippen molar-refractivity contribution in [1.29, 1.82) is 0 Å². The largest absolute Gasteiger partial charge is 0.468 e. The predicted molar refractivity (Wildman–Crippen MR) is 110 cm³/mol. The van der Waals surface area contributed by atoms with Crippen molar-refractivity contribution in [3.8, 4) is 5.88 Å². The number of anilines is 2. The van der Waals surface area contributed by atoms with Gasteiger partial charge in [-0.05, 0) is 24.6 Å². The molecule has 1 saturated heterocycles. The Morgan fingerprint density at radius 2 is 1.94 bits per heavy atom. The Kier molecular flexibility index (Phi) is 5.47. The summed E-state index contributed by atoms with van der Waals surface area (Å²) in [6.45, 7) is 2.37. The molecule has 1 amide bonds. The number of amides is 1. The molecule has 1 N–H and O–H groups in total. The highest BCUT2D eigenvalue weighted by atomic mass is 19.4. The molecule has 164 valence electrons. The highest BCUT2D eigenvalue weighted by Gasteiger charge is 2.37. The first-order valence-electron chi connectivity index (χ1n) is 9.86. The zero-order valence-electron chi connectivity index (χ0n) is 16.9. The lowest BCUT2D eigenvalue weighted by Gasteiger charge is -2.40. The van der Waals surface area contributed by atoms with Gasteiger partial charge in [-0.2, -0.15) is 13.2 Å². The van der Waals surface area contributed by atoms with Crippen molar-refractivity contribution in [3.05, 3.63) is 48.3 Å². The monoisotopic (exact) mass is 433 g/mol. The van der Waals surface area contributed by atoms with E-state index in [1.54, 1.807) is 4.90 Å². The minimum atomic E-state index is -4.44. The molecule has 1 unspecified atom stereocenters. The fourth-order valence-corrected chi connectivity index (χ4v) is 3.66. The number of fused-ring (bicyclic) bond motifs is 1. The molecule has 7 nitrogen and oxygen atoms in total. The van der Waals surface area contributed by atoms with Gasteiger partial charge in [0.15, 0.2) is 6.61 Å². The molecule has 0 bridgehead atoms. The van der Waals surface area contributed by atoms with Gasteiger partial charge >= 0.3 is 6.18 Å². The van der Waals surface area contributed by atoms with E-state index < -0.39 is 18.3 Å². The minimum absolute atomic E-state index is 0.0326. The van der Waals surface area contributed by atoms with E-state index in [0.717, 1.165) is 11.3 Å². The van der Waals surface area contributed by atoms with Crippen LogP contribution >= 0.6 is 0 Å². The maximum Gasteiger partial charge on any atom is 0.422 e. The second-order valence-electron chi connectivity index (χ2n) is 7.65. The van der Waals surface area contributed by atoms with E-state index in [9.17, 15) is 18.0 Å². The van der Waals surface area contributed by atoms with Crippen LogP contribution in [0.1, 0.15) is 12.5 Å². The summed E-state index contributed by atoms with van der Waals surface area (Å²) in [5.41, 5.74) is 1.10. The van der Waals surface area contributed by atoms with Gasteiger partial charge in [0.1, 0.15) is 17.7 Å². The summed E-state index contributed by atoms with van der Waals surface area (Å²) in [4.78, 5) is 24.7. The molecule has 0 saturated carbocycles. The SMILES string of the molecule is CC1(C(=O)N2CCN(c3cc(OCC(F)(F)F)ncn3)CC2)C=Cc2ccccc2N1. The molecule has 2 aromatic rings. The van der Waals surface area contributed by atoms with E-state index in [4.69, 9.17) is 4.74 Å². The van der Waals surface area contributed by atoms with E-state index in [1.807, 2.05) is 48.2 Å². The summed E-state index contributed by atoms with van der Waals surface area (Å²) in [5, 5.41) is 3.33. The Morgan fingerprint density at radius 1 is 1.19 bits per heavy atom. The van der Waals surface area contributed by atoms with Crippen LogP contribution in [0.25, 0.3) is 6.08 Å². The van der Waals surface area contributed by atoms with Crippen LogP contribution in [0.15, 0.2) is 42.7 Å². The van der Waals surface area contributed by atoms with Gasteiger partial charge in [-0.3, -0.25) is 4.79 Å². The van der Waals surface area contributed by atoms with Crippen LogP contribution in [-0.2, 0) is 4.79 Å². The number of carbonyl (C=O) groups excluding carboxylic acids is 1. The van der Waals surface area contributed by atoms with E-state index in [-0.39, 0.29) is 11.8 Å². The molecule has 4 rings (SSSR count). The maximum absolute atomic E-state index is 13.2. The lowest BCUT2D eigenvalue weighted by molar-refractivity contribution is -0.154. The summed E-state index contributed by atoms with van der Waals surface area (Å²) < 4.78 is 41.8. The summed E-state index contributed by atoms with van der Waals surface area (Å²) >= 11 is 0. The summed E-state index contributed by atoms with van der Waals surface area (Å²) in [5.74, 6) is 0.299. The number of hydrogen-bond donors (Lipinski definition) is 1. The smallest absolute Gasteiger partial charge is 0.422 e. The van der Waals surface area contributed by atoms with E-state index in [2.05, 4.69) is 15.3 Å². The molecule has 10 heteroatoms. The number of hydrogen-bond acceptors (Lipinski definition) is 6. The van der Waals surface area contributed by atoms with E-state index in [0.29, 0.717) is 32.0 Å². The second-order valence-corrected chi connectivity index (χ2v) is 7.65. The van der Waals surface area contributed by atoms with Gasteiger partial charge in [-0.15, -0.1) is 0 Å². The van der Waals surface area contributed by atoms with Crippen LogP contribution in [0.3, 0.4) is 0 Å². The van der Waals surface area contributed by atoms with Crippen LogP contribution in [-0.4, -0.2) is 65.3 Å². The Hall–Kier alpha value is -3.30. The van der Waals surface area contributed by atoms with Gasteiger partial charge in [-0.25, -0.2) is 9.97 Å². The van der Waals surface area contributed by atoms with Gasteiger partial charge in [0.25, 0.3) is 5.91 Å². The Morgan fingerprint density at radius 3 is 2.68 bits per heavy atom. The highest BCUT2D eigenvalue weighted by molar-refractivity contribution is 5.95. The number of para-hydroxylation sites is 1. The molecule has 1 aromatic carbocycles. The second kappa shape index (κ2) is 8.09. The fourth-order valence-electron chi connectivity index (χ4n) is 3.66. The molecule has 31 heavy (non-hydrogen) atoms. The first-order chi connectivity index (χ1) is 14.7. The average molecular weight is 433 g/mol. The van der Waals surface area contributed by atoms with E-state index >= 15 is 0 Å². The molecule has 2 aliphatic rings. The average Bonchev–Trinajstić information content (AvgIpc) is 2.77. The molecule has 1 atom stereocenters. The maximum atomic E-state index is 13.2. The lowest BCUT2D eigenvalue weighted by atomic mass is 9.93. The third-order valence-corrected chi connectivity index (χ3v) is 5.30. The van der Waals surface area contributed by atoms with Crippen molar-refractivity contribution in [2.45, 2.75) is 18.6 Å². The molecular formula is C21H22F3N5O2. The van der Waals surface area contributed by atoms with Gasteiger partial charge < -0.3 is 19.9 Å². The molecule has 3 heterocycles. The van der Waals surface area contributed by atoms with Crippen molar-refractivity contribution in [2.24, 2.45) is 0 Å². The predicted octanol–water partition coefficient (Wildman–Crippen LogP) is 2.96. The number of halogens is 3. The van der Waals surface area contributed by atoms with Gasteiger partial charge in [0, 0.05) is 37.9 Å². The van der Waals surface area contributed by atoms with E-state index in [1.165, 1.54) is 12.4 Å². The van der Waals surface area contributed by atoms with Crippen molar-refractivity contribution in [3.63, 3.8) is 0 Å². The van der Waals surface area contributed by atoms with Crippen molar-refractivity contribution in [1.82, 2.24) is 14.9 Å². The van der Waals surface area contributed by atoms with Crippen molar-refractivity contribution in [2.75, 3.05) is 43.0 Å². The number of nitrogens with zero attached hydrogens (tertiary/aromatic N) is 4. The molecule has 1 fully saturated rings. The molecule has 0 aliphatic carbocycles. The summed E-state index contributed by atoms with van der Waals surface area (Å²) in [7, 11) is 0. The Balaban J connectivity index is 1.37. The zero-order valence-corrected chi connectivity index (χ0v) is 16.9. The summed E-state index contributed by atoms with van der Waals surface area (Å²) in [6.07, 6.45) is 0.561. The quantitative estimate of drug-likeness (QED) is 0.800. The third kappa shape index (κ3) is 4.73. The van der Waals surface area contributed by atoms with Gasteiger partial charge in [0.05, 0.1) is 0 Å². The number of aromatic nitrogens is 2. The number of carbonyl (C=O) groups is 1. The Bertz CT molecular complexity index is 989. The van der Waals surface area contributed by atoms with Crippen LogP contribution in [0.2, 0.25) is 0 Å². The third-order valence-electron chi connectivity index (χ3n) is 5.30. The summed E-state index contributed by atoms with van der Waals surface area (Å²) in [6, 6.07) is 9.17. The number of alkyl halides is 3. The van der Waals surface area contributed by atoms with Crippen molar-refractivity contribution >= 4 is 23.5 Å². The molecule has 0 radical (unpaired) electrons. The number of piperazine rings is 1. The van der Waals surface area contributed by atoms with Crippen LogP contribution in [0.4, 0.5) is 24.7 Å². The van der Waals surface area contributed by atoms with Crippen LogP contribution in [0.5, 0.6) is 5.88 Å². The topological polar surface area (TPSA) is 70.6 Å². The standard InChI is InChI=1S/C21H22F3N5O2/c1-20(7-6-15-4-2-3-5-16(15)27-20)19(30)29-10-8-28(9-11-29)17-12-18(26-14-25-17)31-13-21(22,23)24/h2-7,12,14,27H,8-11,13H2,1H3. The minimum Gasteiger partial charge on any atom is -0.468 e. The van der Waals surface area contributed by atoms with Gasteiger partial charge in [-0.1, -0.05) is 24.3 Å². The normalized spacial score (nSPS) is 20.8. The molecule has 2 aliphatic heterocycles. The van der Waals surface area contributed by atoms with Crippen LogP contribution in [0, 0.1) is 0 Å². The zero-order chi connectivity index (χ0) is 22.1. The number of ether oxygens (including phenoxy) is 1.